The largest absolute Gasteiger partial charge is 0.480 e. The Bertz CT molecular complexity index is 647. The highest BCUT2D eigenvalue weighted by Crippen LogP contribution is 2.34. The molecule has 0 bridgehead atoms. The predicted octanol–water partition coefficient (Wildman–Crippen LogP) is 2.71. The Morgan fingerprint density at radius 3 is 3.05 bits per heavy atom. The van der Waals surface area contributed by atoms with Crippen LogP contribution in [0, 0.1) is 0 Å². The highest BCUT2D eigenvalue weighted by Gasteiger charge is 2.33. The zero-order valence-corrected chi connectivity index (χ0v) is 13.0. The van der Waals surface area contributed by atoms with Crippen molar-refractivity contribution in [3.63, 3.8) is 0 Å². The summed E-state index contributed by atoms with van der Waals surface area (Å²) in [5, 5.41) is 15.9. The van der Waals surface area contributed by atoms with Crippen molar-refractivity contribution in [1.82, 2.24) is 14.7 Å². The van der Waals surface area contributed by atoms with Crippen LogP contribution in [0.25, 0.3) is 0 Å². The molecular formula is C15H19N3O2S. The summed E-state index contributed by atoms with van der Waals surface area (Å²) in [4.78, 5) is 14.9. The van der Waals surface area contributed by atoms with Crippen molar-refractivity contribution in [1.29, 1.82) is 0 Å². The van der Waals surface area contributed by atoms with E-state index in [0.29, 0.717) is 12.6 Å². The topological polar surface area (TPSA) is 58.4 Å². The molecule has 3 rings (SSSR count). The number of hydrogen-bond donors (Lipinski definition) is 1. The molecule has 0 aromatic carbocycles. The molecule has 0 saturated carbocycles. The van der Waals surface area contributed by atoms with Gasteiger partial charge in [-0.2, -0.15) is 5.10 Å². The maximum absolute atomic E-state index is 11.7. The highest BCUT2D eigenvalue weighted by atomic mass is 32.1. The quantitative estimate of drug-likeness (QED) is 0.943. The molecule has 0 spiro atoms. The Hall–Kier alpha value is -1.66. The number of aliphatic carboxylic acids is 1. The van der Waals surface area contributed by atoms with Crippen LogP contribution in [-0.4, -0.2) is 32.3 Å². The van der Waals surface area contributed by atoms with Gasteiger partial charge in [0.25, 0.3) is 0 Å². The zero-order chi connectivity index (χ0) is 15.0. The molecule has 1 aliphatic heterocycles. The Kier molecular flexibility index (Phi) is 3.82. The molecule has 3 heterocycles. The maximum atomic E-state index is 11.7. The summed E-state index contributed by atoms with van der Waals surface area (Å²) in [5.41, 5.74) is 2.02. The highest BCUT2D eigenvalue weighted by molar-refractivity contribution is 7.10. The standard InChI is InChI=1S/C15H19N3O2S/c1-10(2)18-9-11(7-16-18)8-17-5-3-13-12(4-6-21-13)14(17)15(19)20/h4,6-7,9-10,14H,3,5,8H2,1-2H3,(H,19,20). The molecule has 2 aromatic heterocycles. The molecule has 0 saturated heterocycles. The monoisotopic (exact) mass is 305 g/mol. The second-order valence-corrected chi connectivity index (χ2v) is 6.68. The van der Waals surface area contributed by atoms with Crippen molar-refractivity contribution in [2.24, 2.45) is 0 Å². The molecule has 1 aliphatic rings. The van der Waals surface area contributed by atoms with Gasteiger partial charge in [0.05, 0.1) is 6.20 Å². The molecule has 5 nitrogen and oxygen atoms in total. The van der Waals surface area contributed by atoms with Gasteiger partial charge in [-0.1, -0.05) is 0 Å². The summed E-state index contributed by atoms with van der Waals surface area (Å²) < 4.78 is 1.91. The number of aromatic nitrogens is 2. The van der Waals surface area contributed by atoms with Crippen molar-refractivity contribution >= 4 is 17.3 Å². The van der Waals surface area contributed by atoms with Crippen LogP contribution < -0.4 is 0 Å². The second kappa shape index (κ2) is 5.61. The summed E-state index contributed by atoms with van der Waals surface area (Å²) >= 11 is 1.66. The third kappa shape index (κ3) is 2.73. The van der Waals surface area contributed by atoms with E-state index in [-0.39, 0.29) is 0 Å². The van der Waals surface area contributed by atoms with Crippen LogP contribution in [0.2, 0.25) is 0 Å². The molecule has 0 radical (unpaired) electrons. The van der Waals surface area contributed by atoms with Gasteiger partial charge in [0.2, 0.25) is 0 Å². The van der Waals surface area contributed by atoms with Crippen LogP contribution in [0.4, 0.5) is 0 Å². The first-order valence-electron chi connectivity index (χ1n) is 7.12. The number of nitrogens with zero attached hydrogens (tertiary/aromatic N) is 3. The van der Waals surface area contributed by atoms with E-state index >= 15 is 0 Å². The maximum Gasteiger partial charge on any atom is 0.325 e. The first kappa shape index (κ1) is 14.3. The summed E-state index contributed by atoms with van der Waals surface area (Å²) in [6.45, 7) is 5.56. The third-order valence-corrected chi connectivity index (χ3v) is 4.87. The molecular weight excluding hydrogens is 286 g/mol. The fourth-order valence-corrected chi connectivity index (χ4v) is 3.71. The average molecular weight is 305 g/mol. The molecule has 1 atom stereocenters. The number of rotatable bonds is 4. The van der Waals surface area contributed by atoms with Gasteiger partial charge >= 0.3 is 5.97 Å². The van der Waals surface area contributed by atoms with Crippen molar-refractivity contribution in [2.45, 2.75) is 38.9 Å². The van der Waals surface area contributed by atoms with Crippen LogP contribution in [0.15, 0.2) is 23.8 Å². The lowest BCUT2D eigenvalue weighted by molar-refractivity contribution is -0.144. The van der Waals surface area contributed by atoms with Crippen molar-refractivity contribution in [3.05, 3.63) is 39.8 Å². The van der Waals surface area contributed by atoms with Gasteiger partial charge in [-0.25, -0.2) is 0 Å². The van der Waals surface area contributed by atoms with Crippen molar-refractivity contribution < 1.29 is 9.90 Å². The predicted molar refractivity (Wildman–Crippen MR) is 81.4 cm³/mol. The second-order valence-electron chi connectivity index (χ2n) is 5.68. The van der Waals surface area contributed by atoms with Crippen LogP contribution in [0.5, 0.6) is 0 Å². The van der Waals surface area contributed by atoms with Crippen LogP contribution in [-0.2, 0) is 17.8 Å². The lowest BCUT2D eigenvalue weighted by Crippen LogP contribution is -2.38. The summed E-state index contributed by atoms with van der Waals surface area (Å²) in [6, 6.07) is 1.73. The first-order valence-corrected chi connectivity index (χ1v) is 8.00. The summed E-state index contributed by atoms with van der Waals surface area (Å²) in [5.74, 6) is -0.773. The number of carbonyl (C=O) groups is 1. The van der Waals surface area contributed by atoms with E-state index < -0.39 is 12.0 Å². The van der Waals surface area contributed by atoms with Gasteiger partial charge < -0.3 is 5.11 Å². The number of carboxylic acids is 1. The van der Waals surface area contributed by atoms with E-state index in [1.54, 1.807) is 11.3 Å². The van der Waals surface area contributed by atoms with Gasteiger partial charge in [-0.15, -0.1) is 11.3 Å². The van der Waals surface area contributed by atoms with E-state index in [1.165, 1.54) is 4.88 Å². The van der Waals surface area contributed by atoms with Gasteiger partial charge in [0, 0.05) is 35.8 Å². The van der Waals surface area contributed by atoms with Crippen molar-refractivity contribution in [3.8, 4) is 0 Å². The van der Waals surface area contributed by atoms with Gasteiger partial charge in [0.15, 0.2) is 0 Å². The SMILES string of the molecule is CC(C)n1cc(CN2CCc3sccc3C2C(=O)O)cn1. The Labute approximate surface area is 127 Å². The molecule has 6 heteroatoms. The number of carboxylic acid groups (broad SMARTS) is 1. The molecule has 0 amide bonds. The van der Waals surface area contributed by atoms with E-state index in [0.717, 1.165) is 24.1 Å². The molecule has 1 N–H and O–H groups in total. The van der Waals surface area contributed by atoms with Gasteiger partial charge in [-0.05, 0) is 37.3 Å². The van der Waals surface area contributed by atoms with Gasteiger partial charge in [-0.3, -0.25) is 14.4 Å². The number of thiophene rings is 1. The van der Waals surface area contributed by atoms with Crippen LogP contribution >= 0.6 is 11.3 Å². The van der Waals surface area contributed by atoms with Crippen LogP contribution in [0.3, 0.4) is 0 Å². The first-order chi connectivity index (χ1) is 10.1. The summed E-state index contributed by atoms with van der Waals surface area (Å²) in [6.07, 6.45) is 4.77. The van der Waals surface area contributed by atoms with E-state index in [4.69, 9.17) is 0 Å². The smallest absolute Gasteiger partial charge is 0.325 e. The minimum atomic E-state index is -0.773. The van der Waals surface area contributed by atoms with Gasteiger partial charge in [0.1, 0.15) is 6.04 Å². The third-order valence-electron chi connectivity index (χ3n) is 3.87. The molecule has 21 heavy (non-hydrogen) atoms. The van der Waals surface area contributed by atoms with Crippen LogP contribution in [0.1, 0.15) is 41.9 Å². The van der Waals surface area contributed by atoms with E-state index in [2.05, 4.69) is 18.9 Å². The fourth-order valence-electron chi connectivity index (χ4n) is 2.80. The fraction of sp³-hybridized carbons (Fsp3) is 0.467. The lowest BCUT2D eigenvalue weighted by Gasteiger charge is -2.32. The Balaban J connectivity index is 1.82. The molecule has 2 aromatic rings. The Morgan fingerprint density at radius 2 is 2.38 bits per heavy atom. The van der Waals surface area contributed by atoms with Crippen molar-refractivity contribution in [2.75, 3.05) is 6.54 Å². The Morgan fingerprint density at radius 1 is 1.57 bits per heavy atom. The zero-order valence-electron chi connectivity index (χ0n) is 12.2. The molecule has 1 unspecified atom stereocenters. The average Bonchev–Trinajstić information content (AvgIpc) is 3.06. The minimum Gasteiger partial charge on any atom is -0.480 e. The van der Waals surface area contributed by atoms with E-state index in [9.17, 15) is 9.90 Å². The lowest BCUT2D eigenvalue weighted by atomic mass is 9.99. The summed E-state index contributed by atoms with van der Waals surface area (Å²) in [7, 11) is 0. The molecule has 0 fully saturated rings. The van der Waals surface area contributed by atoms with E-state index in [1.807, 2.05) is 33.4 Å². The normalized spacial score (nSPS) is 18.9. The number of fused-ring (bicyclic) bond motifs is 1. The number of hydrogen-bond acceptors (Lipinski definition) is 4. The minimum absolute atomic E-state index is 0.318. The molecule has 112 valence electrons. The molecule has 0 aliphatic carbocycles.